The van der Waals surface area contributed by atoms with E-state index in [1.54, 1.807) is 12.3 Å². The molecule has 0 aliphatic carbocycles. The normalized spacial score (nSPS) is 14.8. The summed E-state index contributed by atoms with van der Waals surface area (Å²) >= 11 is 0. The van der Waals surface area contributed by atoms with E-state index in [9.17, 15) is 9.46 Å². The standard InChI is InChI=1S/C12H9N2O3P/c15-18(16,17)10-6-9-4-3-8-2-1-5-13-11(8)12(9)14-7-10/h1-7H,(H2,15,16,17)/p-1. The molecule has 1 atom stereocenters. The van der Waals surface area contributed by atoms with Crippen LogP contribution in [-0.4, -0.2) is 14.9 Å². The van der Waals surface area contributed by atoms with Gasteiger partial charge in [0.25, 0.3) is 0 Å². The van der Waals surface area contributed by atoms with Crippen LogP contribution in [0.5, 0.6) is 0 Å². The number of pyridine rings is 2. The topological polar surface area (TPSA) is 86.1 Å². The Kier molecular flexibility index (Phi) is 2.41. The van der Waals surface area contributed by atoms with Crippen molar-refractivity contribution >= 4 is 34.7 Å². The SMILES string of the molecule is O=P([O-])(O)c1cnc2c(ccc3cccnc32)c1. The fraction of sp³-hybridized carbons (Fsp3) is 0. The molecule has 5 nitrogen and oxygen atoms in total. The number of benzene rings is 1. The van der Waals surface area contributed by atoms with E-state index in [4.69, 9.17) is 4.89 Å². The van der Waals surface area contributed by atoms with E-state index < -0.39 is 7.60 Å². The van der Waals surface area contributed by atoms with Crippen molar-refractivity contribution in [2.75, 3.05) is 0 Å². The zero-order chi connectivity index (χ0) is 12.8. The zero-order valence-corrected chi connectivity index (χ0v) is 10.0. The molecule has 18 heavy (non-hydrogen) atoms. The first kappa shape index (κ1) is 11.3. The molecule has 0 bridgehead atoms. The first-order valence-electron chi connectivity index (χ1n) is 5.23. The molecule has 3 aromatic rings. The number of hydrogen-bond acceptors (Lipinski definition) is 4. The number of fused-ring (bicyclic) bond motifs is 3. The molecular weight excluding hydrogens is 251 g/mol. The second kappa shape index (κ2) is 3.85. The summed E-state index contributed by atoms with van der Waals surface area (Å²) in [7, 11) is -4.52. The van der Waals surface area contributed by atoms with E-state index in [1.807, 2.05) is 18.2 Å². The maximum atomic E-state index is 11.1. The minimum atomic E-state index is -4.52. The Hall–Kier alpha value is -1.81. The Morgan fingerprint density at radius 2 is 1.83 bits per heavy atom. The van der Waals surface area contributed by atoms with Gasteiger partial charge in [-0.2, -0.15) is 0 Å². The van der Waals surface area contributed by atoms with Gasteiger partial charge in [0, 0.05) is 28.5 Å². The molecule has 0 spiro atoms. The van der Waals surface area contributed by atoms with E-state index in [0.717, 1.165) is 11.6 Å². The maximum absolute atomic E-state index is 11.1. The first-order valence-corrected chi connectivity index (χ1v) is 6.81. The van der Waals surface area contributed by atoms with Gasteiger partial charge in [-0.15, -0.1) is 0 Å². The smallest absolute Gasteiger partial charge is 0.164 e. The predicted molar refractivity (Wildman–Crippen MR) is 66.5 cm³/mol. The van der Waals surface area contributed by atoms with Crippen molar-refractivity contribution in [1.29, 1.82) is 0 Å². The quantitative estimate of drug-likeness (QED) is 0.519. The molecule has 1 aromatic carbocycles. The summed E-state index contributed by atoms with van der Waals surface area (Å²) in [5.74, 6) is 0. The van der Waals surface area contributed by atoms with Gasteiger partial charge >= 0.3 is 0 Å². The number of nitrogens with zero attached hydrogens (tertiary/aromatic N) is 2. The Bertz CT molecular complexity index is 798. The van der Waals surface area contributed by atoms with E-state index in [0.29, 0.717) is 16.4 Å². The first-order chi connectivity index (χ1) is 8.55. The molecule has 0 radical (unpaired) electrons. The molecule has 0 fully saturated rings. The van der Waals surface area contributed by atoms with Crippen molar-refractivity contribution < 1.29 is 14.4 Å². The van der Waals surface area contributed by atoms with Gasteiger partial charge in [0.1, 0.15) is 0 Å². The Labute approximate surface area is 102 Å². The molecule has 0 saturated carbocycles. The van der Waals surface area contributed by atoms with Crippen LogP contribution in [0.25, 0.3) is 21.8 Å². The highest BCUT2D eigenvalue weighted by molar-refractivity contribution is 7.58. The predicted octanol–water partition coefficient (Wildman–Crippen LogP) is 0.954. The summed E-state index contributed by atoms with van der Waals surface area (Å²) < 4.78 is 11.1. The lowest BCUT2D eigenvalue weighted by Crippen LogP contribution is -2.14. The van der Waals surface area contributed by atoms with Crippen LogP contribution in [0.4, 0.5) is 0 Å². The molecule has 6 heteroatoms. The van der Waals surface area contributed by atoms with Crippen LogP contribution in [-0.2, 0) is 4.57 Å². The average Bonchev–Trinajstić information content (AvgIpc) is 2.37. The summed E-state index contributed by atoms with van der Waals surface area (Å²) in [4.78, 5) is 28.4. The fourth-order valence-electron chi connectivity index (χ4n) is 1.88. The van der Waals surface area contributed by atoms with Gasteiger partial charge < -0.3 is 14.4 Å². The molecule has 1 unspecified atom stereocenters. The van der Waals surface area contributed by atoms with Gasteiger partial charge in [-0.1, -0.05) is 18.2 Å². The van der Waals surface area contributed by atoms with Crippen LogP contribution in [0.15, 0.2) is 42.7 Å². The fourth-order valence-corrected chi connectivity index (χ4v) is 2.39. The van der Waals surface area contributed by atoms with Gasteiger partial charge in [0.05, 0.1) is 11.0 Å². The van der Waals surface area contributed by atoms with Gasteiger partial charge in [-0.3, -0.25) is 9.97 Å². The summed E-state index contributed by atoms with van der Waals surface area (Å²) in [6.07, 6.45) is 2.80. The van der Waals surface area contributed by atoms with E-state index >= 15 is 0 Å². The van der Waals surface area contributed by atoms with Gasteiger partial charge in [0.15, 0.2) is 7.60 Å². The monoisotopic (exact) mass is 259 g/mol. The molecule has 0 aliphatic heterocycles. The van der Waals surface area contributed by atoms with Crippen molar-refractivity contribution in [3.63, 3.8) is 0 Å². The van der Waals surface area contributed by atoms with E-state index in [1.165, 1.54) is 6.07 Å². The largest absolute Gasteiger partial charge is 0.775 e. The molecule has 0 saturated heterocycles. The second-order valence-electron chi connectivity index (χ2n) is 3.93. The molecule has 0 aliphatic rings. The third-order valence-corrected chi connectivity index (χ3v) is 3.63. The molecule has 0 amide bonds. The Morgan fingerprint density at radius 3 is 2.61 bits per heavy atom. The molecule has 3 rings (SSSR count). The molecule has 1 N–H and O–H groups in total. The molecule has 2 aromatic heterocycles. The van der Waals surface area contributed by atoms with Crippen molar-refractivity contribution in [3.8, 4) is 0 Å². The number of rotatable bonds is 1. The van der Waals surface area contributed by atoms with Gasteiger partial charge in [-0.25, -0.2) is 0 Å². The van der Waals surface area contributed by atoms with Crippen molar-refractivity contribution in [1.82, 2.24) is 9.97 Å². The average molecular weight is 259 g/mol. The van der Waals surface area contributed by atoms with E-state index in [-0.39, 0.29) is 5.30 Å². The lowest BCUT2D eigenvalue weighted by molar-refractivity contribution is -0.188. The van der Waals surface area contributed by atoms with Crippen LogP contribution in [0.2, 0.25) is 0 Å². The minimum Gasteiger partial charge on any atom is -0.775 e. The Balaban J connectivity index is 2.38. The highest BCUT2D eigenvalue weighted by Gasteiger charge is 2.09. The highest BCUT2D eigenvalue weighted by atomic mass is 31.2. The zero-order valence-electron chi connectivity index (χ0n) is 9.15. The second-order valence-corrected chi connectivity index (χ2v) is 5.48. The molecular formula is C12H8N2O3P-. The lowest BCUT2D eigenvalue weighted by atomic mass is 10.1. The van der Waals surface area contributed by atoms with Crippen LogP contribution in [0.3, 0.4) is 0 Å². The van der Waals surface area contributed by atoms with Crippen LogP contribution in [0.1, 0.15) is 0 Å². The van der Waals surface area contributed by atoms with Crippen molar-refractivity contribution in [3.05, 3.63) is 42.7 Å². The third-order valence-electron chi connectivity index (χ3n) is 2.73. The lowest BCUT2D eigenvalue weighted by Gasteiger charge is -2.15. The Morgan fingerprint density at radius 1 is 1.11 bits per heavy atom. The van der Waals surface area contributed by atoms with Crippen molar-refractivity contribution in [2.45, 2.75) is 0 Å². The number of aromatic nitrogens is 2. The summed E-state index contributed by atoms with van der Waals surface area (Å²) in [5.41, 5.74) is 1.32. The maximum Gasteiger partial charge on any atom is 0.164 e. The summed E-state index contributed by atoms with van der Waals surface area (Å²) in [6.45, 7) is 0. The summed E-state index contributed by atoms with van der Waals surface area (Å²) in [6, 6.07) is 8.71. The van der Waals surface area contributed by atoms with Crippen LogP contribution < -0.4 is 10.2 Å². The van der Waals surface area contributed by atoms with Crippen molar-refractivity contribution in [2.24, 2.45) is 0 Å². The molecule has 90 valence electrons. The van der Waals surface area contributed by atoms with Crippen LogP contribution in [0, 0.1) is 0 Å². The van der Waals surface area contributed by atoms with E-state index in [2.05, 4.69) is 9.97 Å². The highest BCUT2D eigenvalue weighted by Crippen LogP contribution is 2.29. The number of hydrogen-bond donors (Lipinski definition) is 1. The minimum absolute atomic E-state index is 0.190. The van der Waals surface area contributed by atoms with Gasteiger partial charge in [-0.05, 0) is 12.1 Å². The molecule has 2 heterocycles. The van der Waals surface area contributed by atoms with Gasteiger partial charge in [0.2, 0.25) is 0 Å². The third kappa shape index (κ3) is 1.78. The summed E-state index contributed by atoms with van der Waals surface area (Å²) in [5, 5.41) is 1.37. The van der Waals surface area contributed by atoms with Crippen LogP contribution >= 0.6 is 7.60 Å².